The fourth-order valence-electron chi connectivity index (χ4n) is 11.5. The number of hydrogen-bond donors (Lipinski definition) is 7. The number of ether oxygens (including phenoxy) is 3. The van der Waals surface area contributed by atoms with Gasteiger partial charge in [0, 0.05) is 50.7 Å². The van der Waals surface area contributed by atoms with Crippen LogP contribution in [0.4, 0.5) is 0 Å². The van der Waals surface area contributed by atoms with Crippen LogP contribution in [0.5, 0.6) is 0 Å². The molecule has 2 heterocycles. The topological polar surface area (TPSA) is 170 Å². The Balaban J connectivity index is 1.22. The molecule has 3 saturated carbocycles. The summed E-state index contributed by atoms with van der Waals surface area (Å²) in [6.45, 7) is 10.4. The number of ketones is 1. The third-order valence-corrected chi connectivity index (χ3v) is 14.2. The second kappa shape index (κ2) is 13.9. The fourth-order valence-corrected chi connectivity index (χ4v) is 11.5. The van der Waals surface area contributed by atoms with E-state index in [1.807, 2.05) is 6.92 Å². The van der Waals surface area contributed by atoms with E-state index in [-0.39, 0.29) is 41.0 Å². The van der Waals surface area contributed by atoms with Gasteiger partial charge in [-0.1, -0.05) is 13.8 Å². The minimum Gasteiger partial charge on any atom is -0.392 e. The summed E-state index contributed by atoms with van der Waals surface area (Å²) in [6.07, 6.45) is 4.28. The van der Waals surface area contributed by atoms with Crippen LogP contribution in [0.1, 0.15) is 85.5 Å². The zero-order valence-electron chi connectivity index (χ0n) is 29.7. The van der Waals surface area contributed by atoms with Gasteiger partial charge in [0.1, 0.15) is 18.4 Å². The van der Waals surface area contributed by atoms with Crippen molar-refractivity contribution in [3.63, 3.8) is 0 Å². The van der Waals surface area contributed by atoms with Gasteiger partial charge >= 0.3 is 0 Å². The Morgan fingerprint density at radius 2 is 1.90 bits per heavy atom. The average molecular weight is 679 g/mol. The predicted molar refractivity (Wildman–Crippen MR) is 179 cm³/mol. The molecule has 2 saturated heterocycles. The number of methoxy groups -OCH3 is 1. The van der Waals surface area contributed by atoms with Gasteiger partial charge < -0.3 is 45.1 Å². The lowest BCUT2D eigenvalue weighted by atomic mass is 9.46. The lowest BCUT2D eigenvalue weighted by Gasteiger charge is -2.60. The van der Waals surface area contributed by atoms with Gasteiger partial charge in [0.15, 0.2) is 5.78 Å². The van der Waals surface area contributed by atoms with Crippen molar-refractivity contribution < 1.29 is 44.5 Å². The molecule has 11 nitrogen and oxygen atoms in total. The van der Waals surface area contributed by atoms with Crippen LogP contribution in [0, 0.1) is 40.4 Å². The van der Waals surface area contributed by atoms with Gasteiger partial charge in [0.05, 0.1) is 29.5 Å². The molecule has 11 heteroatoms. The summed E-state index contributed by atoms with van der Waals surface area (Å²) in [4.78, 5) is 13.9. The van der Waals surface area contributed by atoms with E-state index in [1.54, 1.807) is 27.0 Å². The van der Waals surface area contributed by atoms with Crippen molar-refractivity contribution in [2.75, 3.05) is 40.0 Å². The number of carbonyl (C=O) groups is 1. The highest BCUT2D eigenvalue weighted by molar-refractivity contribution is 5.95. The average Bonchev–Trinajstić information content (AvgIpc) is 3.55. The smallest absolute Gasteiger partial charge is 0.159 e. The van der Waals surface area contributed by atoms with Crippen molar-refractivity contribution in [1.29, 1.82) is 0 Å². The molecular weight excluding hydrogens is 616 g/mol. The number of carbonyl (C=O) groups excluding carboxylic acids is 1. The van der Waals surface area contributed by atoms with E-state index in [4.69, 9.17) is 14.2 Å². The molecule has 2 aliphatic heterocycles. The van der Waals surface area contributed by atoms with Crippen LogP contribution in [-0.4, -0.2) is 119 Å². The highest BCUT2D eigenvalue weighted by atomic mass is 16.5. The lowest BCUT2D eigenvalue weighted by molar-refractivity contribution is -0.201. The fraction of sp³-hybridized carbons (Fsp3) is 0.919. The monoisotopic (exact) mass is 678 g/mol. The molecule has 0 radical (unpaired) electrons. The minimum absolute atomic E-state index is 0.0253. The summed E-state index contributed by atoms with van der Waals surface area (Å²) in [6, 6.07) is 0. The van der Waals surface area contributed by atoms with E-state index >= 15 is 0 Å². The molecular formula is C37H62N2O9. The first kappa shape index (κ1) is 36.8. The summed E-state index contributed by atoms with van der Waals surface area (Å²) in [7, 11) is 1.69. The molecule has 4 aliphatic carbocycles. The molecule has 0 bridgehead atoms. The van der Waals surface area contributed by atoms with Gasteiger partial charge in [-0.25, -0.2) is 0 Å². The largest absolute Gasteiger partial charge is 0.392 e. The quantitative estimate of drug-likeness (QED) is 0.150. The zero-order valence-corrected chi connectivity index (χ0v) is 29.7. The second-order valence-corrected chi connectivity index (χ2v) is 16.9. The molecule has 15 unspecified atom stereocenters. The number of fused-ring (bicyclic) bond motifs is 6. The number of allylic oxidation sites excluding steroid dienone is 1. The van der Waals surface area contributed by atoms with Crippen LogP contribution in [0.3, 0.4) is 0 Å². The van der Waals surface area contributed by atoms with Crippen LogP contribution in [-0.2, 0) is 19.0 Å². The van der Waals surface area contributed by atoms with Crippen LogP contribution in [0.2, 0.25) is 0 Å². The summed E-state index contributed by atoms with van der Waals surface area (Å²) < 4.78 is 17.7. The van der Waals surface area contributed by atoms with Crippen molar-refractivity contribution in [3.8, 4) is 0 Å². The second-order valence-electron chi connectivity index (χ2n) is 16.9. The Labute approximate surface area is 286 Å². The van der Waals surface area contributed by atoms with Crippen LogP contribution < -0.4 is 10.6 Å². The molecule has 5 fully saturated rings. The van der Waals surface area contributed by atoms with Gasteiger partial charge in [0.25, 0.3) is 0 Å². The molecule has 0 spiro atoms. The van der Waals surface area contributed by atoms with Crippen molar-refractivity contribution in [3.05, 3.63) is 11.6 Å². The summed E-state index contributed by atoms with van der Waals surface area (Å²) in [5, 5.41) is 64.2. The molecule has 6 aliphatic rings. The lowest BCUT2D eigenvalue weighted by Crippen LogP contribution is -2.63. The maximum atomic E-state index is 13.9. The Morgan fingerprint density at radius 1 is 1.12 bits per heavy atom. The molecule has 0 aromatic heterocycles. The number of hydrogen-bond acceptors (Lipinski definition) is 11. The third kappa shape index (κ3) is 6.05. The molecule has 15 atom stereocenters. The third-order valence-electron chi connectivity index (χ3n) is 14.2. The number of piperidine rings is 1. The van der Waals surface area contributed by atoms with Crippen molar-refractivity contribution in [1.82, 2.24) is 10.6 Å². The van der Waals surface area contributed by atoms with E-state index in [1.165, 1.54) is 0 Å². The summed E-state index contributed by atoms with van der Waals surface area (Å²) in [5.41, 5.74) is -3.10. The molecule has 7 N–H and O–H groups in total. The van der Waals surface area contributed by atoms with Crippen molar-refractivity contribution in [2.45, 2.75) is 133 Å². The first-order valence-electron chi connectivity index (χ1n) is 18.6. The zero-order chi connectivity index (χ0) is 34.6. The van der Waals surface area contributed by atoms with E-state index < -0.39 is 53.2 Å². The van der Waals surface area contributed by atoms with Crippen LogP contribution in [0.25, 0.3) is 0 Å². The predicted octanol–water partition coefficient (Wildman–Crippen LogP) is 1.67. The van der Waals surface area contributed by atoms with Gasteiger partial charge in [-0.15, -0.1) is 0 Å². The molecule has 0 amide bonds. The molecule has 6 rings (SSSR count). The SMILES string of the molecule is COCCCOC1CCC2(C)C(C1)C(=O)C=C1C2CCC2(C)C(C(C)(O)C(O)C3OC4C(O)NCCC4C3CNCC(C)O)CCC12O. The first-order valence-corrected chi connectivity index (χ1v) is 18.6. The van der Waals surface area contributed by atoms with Gasteiger partial charge in [0.2, 0.25) is 0 Å². The van der Waals surface area contributed by atoms with E-state index in [0.29, 0.717) is 58.5 Å². The van der Waals surface area contributed by atoms with E-state index in [2.05, 4.69) is 17.6 Å². The number of aliphatic hydroxyl groups excluding tert-OH is 3. The Hall–Kier alpha value is -0.990. The van der Waals surface area contributed by atoms with Crippen LogP contribution >= 0.6 is 0 Å². The summed E-state index contributed by atoms with van der Waals surface area (Å²) in [5.74, 6) is -0.670. The van der Waals surface area contributed by atoms with E-state index in [0.717, 1.165) is 37.7 Å². The Morgan fingerprint density at radius 3 is 2.62 bits per heavy atom. The van der Waals surface area contributed by atoms with Crippen molar-refractivity contribution in [2.24, 2.45) is 40.4 Å². The van der Waals surface area contributed by atoms with Gasteiger partial charge in [-0.05, 0) is 113 Å². The number of rotatable bonds is 12. The Kier molecular flexibility index (Phi) is 10.6. The van der Waals surface area contributed by atoms with Gasteiger partial charge in [-0.3, -0.25) is 10.1 Å². The number of aliphatic hydroxyl groups is 5. The maximum absolute atomic E-state index is 13.9. The standard InChI is InChI=1S/C37H62N2O9/c1-21(40)19-38-20-24-23-10-14-39-33(43)31(23)48-30(24)32(42)36(4,44)29-9-13-37(45)26-18-28(41)27-17-22(47-16-6-15-46-5)7-11-34(27,2)25(26)8-12-35(29,37)3/h18,21-25,27,29-33,38-40,42-45H,6-17,19-20H2,1-5H3. The first-order chi connectivity index (χ1) is 22.7. The highest BCUT2D eigenvalue weighted by Crippen LogP contribution is 2.69. The maximum Gasteiger partial charge on any atom is 0.159 e. The Bertz CT molecular complexity index is 1200. The van der Waals surface area contributed by atoms with Gasteiger partial charge in [-0.2, -0.15) is 0 Å². The van der Waals surface area contributed by atoms with Crippen molar-refractivity contribution >= 4 is 5.78 Å². The number of nitrogens with one attached hydrogen (secondary N) is 2. The normalized spacial score (nSPS) is 46.5. The summed E-state index contributed by atoms with van der Waals surface area (Å²) >= 11 is 0. The minimum atomic E-state index is -1.62. The molecule has 274 valence electrons. The highest BCUT2D eigenvalue weighted by Gasteiger charge is 2.70. The van der Waals surface area contributed by atoms with E-state index in [9.17, 15) is 30.3 Å². The molecule has 0 aromatic carbocycles. The molecule has 48 heavy (non-hydrogen) atoms. The van der Waals surface area contributed by atoms with Crippen LogP contribution in [0.15, 0.2) is 11.6 Å². The molecule has 0 aromatic rings.